The molecule has 105 valence electrons. The van der Waals surface area contributed by atoms with Crippen molar-refractivity contribution < 1.29 is 6.78 Å². The van der Waals surface area contributed by atoms with Gasteiger partial charge in [0.2, 0.25) is 0 Å². The molecule has 0 amide bonds. The number of hydrogen-bond acceptors (Lipinski definition) is 2. The molecule has 0 aromatic rings. The number of hydrogen-bond donors (Lipinski definition) is 0. The molecule has 4 heteroatoms. The Hall–Kier alpha value is 1.28. The van der Waals surface area contributed by atoms with Gasteiger partial charge in [-0.05, 0) is 0 Å². The summed E-state index contributed by atoms with van der Waals surface area (Å²) in [7, 11) is 0. The summed E-state index contributed by atoms with van der Waals surface area (Å²) in [5.41, 5.74) is -0.157. The standard InChI is InChI=1S/C14H28GeO2.Sb/c1-9(2)14(8,16)12(5)10(3)11(4)13(6,7)17-15;/h9-12H,1-8H3;/q-1;+1. The fourth-order valence-electron chi connectivity index (χ4n) is 2.40. The topological polar surface area (TPSA) is 18.5 Å². The minimum atomic E-state index is -0.0938. The maximum absolute atomic E-state index is 5.89. The van der Waals surface area contributed by atoms with Crippen LogP contribution in [0.2, 0.25) is 0 Å². The van der Waals surface area contributed by atoms with Gasteiger partial charge in [-0.1, -0.05) is 0 Å². The Morgan fingerprint density at radius 3 is 1.67 bits per heavy atom. The maximum atomic E-state index is 5.89. The minimum absolute atomic E-state index is 0.0636. The van der Waals surface area contributed by atoms with Gasteiger partial charge >= 0.3 is 137 Å². The fourth-order valence-corrected chi connectivity index (χ4v) is 3.86. The number of rotatable bonds is 7. The molecule has 4 atom stereocenters. The van der Waals surface area contributed by atoms with Gasteiger partial charge in [-0.3, -0.25) is 0 Å². The molecule has 0 heterocycles. The molecule has 0 saturated heterocycles. The monoisotopic (exact) mass is 423 g/mol. The van der Waals surface area contributed by atoms with Crippen LogP contribution >= 0.6 is 0 Å². The van der Waals surface area contributed by atoms with Crippen molar-refractivity contribution in [1.29, 1.82) is 0 Å². The summed E-state index contributed by atoms with van der Waals surface area (Å²) in [5.74, 6) is 2.03. The molecule has 0 saturated carbocycles. The molecule has 0 aromatic carbocycles. The zero-order chi connectivity index (χ0) is 14.7. The molecule has 2 nitrogen and oxygen atoms in total. The quantitative estimate of drug-likeness (QED) is 0.586. The van der Waals surface area contributed by atoms with Gasteiger partial charge in [-0.15, -0.1) is 0 Å². The Balaban J connectivity index is 5.04. The Morgan fingerprint density at radius 2 is 1.39 bits per heavy atom. The molecular weight excluding hydrogens is 395 g/mol. The van der Waals surface area contributed by atoms with Crippen molar-refractivity contribution in [3.05, 3.63) is 0 Å². The van der Waals surface area contributed by atoms with Gasteiger partial charge in [0.05, 0.1) is 0 Å². The Labute approximate surface area is 137 Å². The molecule has 0 aliphatic carbocycles. The van der Waals surface area contributed by atoms with Crippen LogP contribution in [0.15, 0.2) is 0 Å². The Morgan fingerprint density at radius 1 is 0.944 bits per heavy atom. The first kappa shape index (κ1) is 19.3. The van der Waals surface area contributed by atoms with Gasteiger partial charge in [-0.2, -0.15) is 0 Å². The van der Waals surface area contributed by atoms with E-state index in [1.165, 1.54) is 23.4 Å². The summed E-state index contributed by atoms with van der Waals surface area (Å²) in [6, 6.07) is 0. The summed E-state index contributed by atoms with van der Waals surface area (Å²) < 4.78 is 11.5. The van der Waals surface area contributed by atoms with E-state index in [9.17, 15) is 0 Å². The third-order valence-electron chi connectivity index (χ3n) is 5.18. The molecule has 0 fully saturated rings. The van der Waals surface area contributed by atoms with Gasteiger partial charge in [-0.25, -0.2) is 0 Å². The van der Waals surface area contributed by atoms with Crippen LogP contribution in [0.4, 0.5) is 0 Å². The molecule has 0 N–H and O–H groups in total. The van der Waals surface area contributed by atoms with Crippen molar-refractivity contribution in [2.75, 3.05) is 0 Å². The first-order valence-electron chi connectivity index (χ1n) is 6.71. The molecule has 18 heavy (non-hydrogen) atoms. The normalized spacial score (nSPS) is 21.5. The van der Waals surface area contributed by atoms with Crippen LogP contribution in [0.5, 0.6) is 0 Å². The van der Waals surface area contributed by atoms with Gasteiger partial charge in [0.15, 0.2) is 0 Å². The summed E-state index contributed by atoms with van der Waals surface area (Å²) in [5, 5.41) is 0. The first-order chi connectivity index (χ1) is 8.04. The van der Waals surface area contributed by atoms with Gasteiger partial charge in [0.25, 0.3) is 0 Å². The van der Waals surface area contributed by atoms with E-state index in [1.807, 2.05) is 0 Å². The van der Waals surface area contributed by atoms with Crippen LogP contribution in [0, 0.1) is 23.7 Å². The van der Waals surface area contributed by atoms with Crippen molar-refractivity contribution in [3.8, 4) is 0 Å². The average Bonchev–Trinajstić information content (AvgIpc) is 2.34. The van der Waals surface area contributed by atoms with E-state index in [1.54, 1.807) is 16.9 Å². The van der Waals surface area contributed by atoms with Crippen molar-refractivity contribution >= 4 is 40.3 Å². The van der Waals surface area contributed by atoms with E-state index >= 15 is 0 Å². The molecule has 0 spiro atoms. The van der Waals surface area contributed by atoms with Gasteiger partial charge in [0.1, 0.15) is 0 Å². The summed E-state index contributed by atoms with van der Waals surface area (Å²) >= 11 is 3.26. The molecule has 0 aromatic heterocycles. The summed E-state index contributed by atoms with van der Waals surface area (Å²) in [4.78, 5) is 0. The van der Waals surface area contributed by atoms with Gasteiger partial charge in [0, 0.05) is 0 Å². The fraction of sp³-hybridized carbons (Fsp3) is 1.00. The average molecular weight is 423 g/mol. The summed E-state index contributed by atoms with van der Waals surface area (Å²) in [6.45, 7) is 18.0. The van der Waals surface area contributed by atoms with Crippen molar-refractivity contribution in [1.82, 2.24) is 0 Å². The predicted molar refractivity (Wildman–Crippen MR) is 78.5 cm³/mol. The zero-order valence-corrected chi connectivity index (χ0v) is 17.7. The van der Waals surface area contributed by atoms with E-state index in [0.717, 1.165) is 0 Å². The van der Waals surface area contributed by atoms with Crippen LogP contribution < -0.4 is 0 Å². The third kappa shape index (κ3) is 4.14. The van der Waals surface area contributed by atoms with Crippen molar-refractivity contribution in [2.24, 2.45) is 23.7 Å². The van der Waals surface area contributed by atoms with Crippen LogP contribution in [0.3, 0.4) is 0 Å². The van der Waals surface area contributed by atoms with E-state index < -0.39 is 0 Å². The van der Waals surface area contributed by atoms with Crippen LogP contribution in [-0.2, 0) is 6.78 Å². The molecular formula is C14H28GeO2Sb. The molecule has 0 aliphatic rings. The second kappa shape index (κ2) is 7.34. The molecule has 0 aliphatic heterocycles. The molecule has 0 bridgehead atoms. The SMILES string of the molecule is CC(C(C)C(C)(C)[O][Ge])C(C)C(C)([O][Sb])C(C)C. The van der Waals surface area contributed by atoms with Crippen LogP contribution in [-0.4, -0.2) is 51.5 Å². The van der Waals surface area contributed by atoms with Crippen molar-refractivity contribution in [2.45, 2.75) is 66.6 Å². The zero-order valence-electron chi connectivity index (χ0n) is 13.1. The van der Waals surface area contributed by atoms with E-state index in [4.69, 9.17) is 6.78 Å². The summed E-state index contributed by atoms with van der Waals surface area (Å²) in [6.07, 6.45) is 0. The molecule has 0 rings (SSSR count). The van der Waals surface area contributed by atoms with E-state index in [0.29, 0.717) is 23.7 Å². The van der Waals surface area contributed by atoms with Gasteiger partial charge < -0.3 is 0 Å². The first-order valence-corrected chi connectivity index (χ1v) is 8.61. The Bertz CT molecular complexity index is 258. The van der Waals surface area contributed by atoms with Crippen LogP contribution in [0.1, 0.15) is 55.4 Å². The predicted octanol–water partition coefficient (Wildman–Crippen LogP) is 3.29. The third-order valence-corrected chi connectivity index (χ3v) is 7.41. The van der Waals surface area contributed by atoms with E-state index in [2.05, 4.69) is 55.4 Å². The second-order valence-electron chi connectivity index (χ2n) is 6.57. The molecule has 5 radical (unpaired) electrons. The second-order valence-corrected chi connectivity index (χ2v) is 7.52. The molecule has 4 unspecified atom stereocenters. The van der Waals surface area contributed by atoms with Crippen LogP contribution in [0.25, 0.3) is 0 Å². The van der Waals surface area contributed by atoms with E-state index in [-0.39, 0.29) is 11.2 Å². The Kier molecular flexibility index (Phi) is 7.86. The van der Waals surface area contributed by atoms with Crippen molar-refractivity contribution in [3.63, 3.8) is 0 Å².